The molecule has 0 saturated carbocycles. The van der Waals surface area contributed by atoms with Crippen molar-refractivity contribution in [3.05, 3.63) is 178 Å². The van der Waals surface area contributed by atoms with Gasteiger partial charge in [0.05, 0.1) is 9.52 Å². The van der Waals surface area contributed by atoms with E-state index in [4.69, 9.17) is 17.0 Å². The van der Waals surface area contributed by atoms with Crippen molar-refractivity contribution in [2.75, 3.05) is 0 Å². The minimum Gasteiger partial charge on any atom is -0.184 e. The summed E-state index contributed by atoms with van der Waals surface area (Å²) in [7, 11) is 10.7. The summed E-state index contributed by atoms with van der Waals surface area (Å²) in [6.45, 7) is 22.2. The SMILES string of the molecule is Cc1cc(C)cc(-c2c(C)ccc3[cH-]c(C(C)C)cc23)c1.Cc1cc(C)cc(-c2c(C)ccc3[cH-]c(C(C)C)cc23)c1.[Cl][Zr][Cl].[c-]1cccc2c1[Si]c1ccccc1-2. The molecule has 0 saturated heterocycles. The van der Waals surface area contributed by atoms with Crippen LogP contribution in [0.25, 0.3) is 54.9 Å². The summed E-state index contributed by atoms with van der Waals surface area (Å²) in [4.78, 5) is 0. The molecule has 4 heteroatoms. The van der Waals surface area contributed by atoms with Gasteiger partial charge >= 0.3 is 37.9 Å². The number of fused-ring (bicyclic) bond motifs is 5. The molecule has 0 atom stereocenters. The van der Waals surface area contributed by atoms with Gasteiger partial charge in [0.2, 0.25) is 0 Å². The molecule has 0 fully saturated rings. The van der Waals surface area contributed by atoms with Crippen molar-refractivity contribution in [1.82, 2.24) is 0 Å². The van der Waals surface area contributed by atoms with E-state index >= 15 is 0 Å². The number of hydrogen-bond acceptors (Lipinski definition) is 0. The molecule has 1 aliphatic rings. The first-order chi connectivity index (χ1) is 27.8. The minimum absolute atomic E-state index is 0.574. The van der Waals surface area contributed by atoms with E-state index in [0.717, 1.165) is 9.52 Å². The summed E-state index contributed by atoms with van der Waals surface area (Å²) in [6, 6.07) is 50.3. The molecular formula is C54H53Cl2SiZr-3. The monoisotopic (exact) mass is 889 g/mol. The standard InChI is InChI=1S/2C21H23.C12H7Si.2ClH.Zr/c2*1-13(2)18-11-17-7-6-16(5)21(20(17)12-18)19-9-14(3)8-15(4)10-19;1-3-7-11-9(5-1)10-6-2-4-8-12(10)13-11;;;/h2*6-13H,1-5H3;1-7H;2*1H;/q3*-1;;;+2/p-2. The van der Waals surface area contributed by atoms with Crippen LogP contribution in [0.3, 0.4) is 0 Å². The van der Waals surface area contributed by atoms with Gasteiger partial charge in [-0.2, -0.15) is 41.6 Å². The number of halogens is 2. The fraction of sp³-hybridized carbons (Fsp3) is 0.222. The molecule has 0 nitrogen and oxygen atoms in total. The van der Waals surface area contributed by atoms with Crippen LogP contribution in [0.5, 0.6) is 0 Å². The van der Waals surface area contributed by atoms with E-state index in [-0.39, 0.29) is 0 Å². The molecule has 294 valence electrons. The topological polar surface area (TPSA) is 0 Å². The van der Waals surface area contributed by atoms with Crippen molar-refractivity contribution in [3.63, 3.8) is 0 Å². The van der Waals surface area contributed by atoms with Crippen LogP contribution >= 0.6 is 17.0 Å². The van der Waals surface area contributed by atoms with Gasteiger partial charge in [-0.1, -0.05) is 144 Å². The van der Waals surface area contributed by atoms with Gasteiger partial charge in [-0.25, -0.2) is 0 Å². The number of aryl methyl sites for hydroxylation is 6. The Balaban J connectivity index is 0.000000145. The largest absolute Gasteiger partial charge is 0.184 e. The van der Waals surface area contributed by atoms with Gasteiger partial charge in [0, 0.05) is 0 Å². The third-order valence-corrected chi connectivity index (χ3v) is 12.3. The van der Waals surface area contributed by atoms with E-state index in [9.17, 15) is 0 Å². The predicted octanol–water partition coefficient (Wildman–Crippen LogP) is 15.0. The van der Waals surface area contributed by atoms with Crippen LogP contribution in [0.15, 0.2) is 127 Å². The molecule has 0 bridgehead atoms. The first-order valence-corrected chi connectivity index (χ1v) is 27.5. The summed E-state index contributed by atoms with van der Waals surface area (Å²) >= 11 is -0.826. The molecule has 0 aromatic heterocycles. The minimum atomic E-state index is -0.826. The molecule has 0 spiro atoms. The van der Waals surface area contributed by atoms with Crippen molar-refractivity contribution in [1.29, 1.82) is 0 Å². The Kier molecular flexibility index (Phi) is 14.7. The second kappa shape index (κ2) is 19.5. The Morgan fingerprint density at radius 3 is 1.41 bits per heavy atom. The second-order valence-corrected chi connectivity index (χ2v) is 21.4. The normalized spacial score (nSPS) is 11.3. The van der Waals surface area contributed by atoms with Gasteiger partial charge in [0.1, 0.15) is 0 Å². The van der Waals surface area contributed by atoms with Gasteiger partial charge in [-0.15, -0.1) is 74.6 Å². The first kappa shape index (κ1) is 43.8. The Labute approximate surface area is 368 Å². The zero-order valence-electron chi connectivity index (χ0n) is 35.5. The molecule has 0 N–H and O–H groups in total. The van der Waals surface area contributed by atoms with Crippen LogP contribution in [0, 0.1) is 47.6 Å². The van der Waals surface area contributed by atoms with Gasteiger partial charge < -0.3 is 0 Å². The molecule has 0 unspecified atom stereocenters. The summed E-state index contributed by atoms with van der Waals surface area (Å²) in [6.07, 6.45) is 0. The second-order valence-electron chi connectivity index (χ2n) is 16.4. The van der Waals surface area contributed by atoms with Crippen molar-refractivity contribution in [3.8, 4) is 33.4 Å². The summed E-state index contributed by atoms with van der Waals surface area (Å²) < 4.78 is 0. The third kappa shape index (κ3) is 10.1. The third-order valence-electron chi connectivity index (χ3n) is 10.9. The van der Waals surface area contributed by atoms with Crippen molar-refractivity contribution in [2.45, 2.75) is 81.1 Å². The van der Waals surface area contributed by atoms with Crippen LogP contribution in [0.1, 0.15) is 84.0 Å². The average molecular weight is 892 g/mol. The molecule has 2 radical (unpaired) electrons. The maximum Gasteiger partial charge on any atom is 0.0920 e. The maximum atomic E-state index is 4.93. The average Bonchev–Trinajstić information content (AvgIpc) is 3.90. The van der Waals surface area contributed by atoms with Crippen LogP contribution in [-0.2, 0) is 20.8 Å². The molecular weight excluding hydrogens is 839 g/mol. The zero-order valence-corrected chi connectivity index (χ0v) is 40.5. The van der Waals surface area contributed by atoms with Gasteiger partial charge in [0.15, 0.2) is 0 Å². The fourth-order valence-electron chi connectivity index (χ4n) is 8.23. The van der Waals surface area contributed by atoms with Crippen LogP contribution in [0.2, 0.25) is 0 Å². The smallest absolute Gasteiger partial charge is 0.0920 e. The van der Waals surface area contributed by atoms with Crippen molar-refractivity contribution >= 4 is 58.5 Å². The van der Waals surface area contributed by atoms with Crippen molar-refractivity contribution in [2.24, 2.45) is 0 Å². The van der Waals surface area contributed by atoms with E-state index in [1.165, 1.54) is 110 Å². The Morgan fingerprint density at radius 1 is 0.534 bits per heavy atom. The number of rotatable bonds is 4. The van der Waals surface area contributed by atoms with Crippen LogP contribution in [-0.4, -0.2) is 9.52 Å². The van der Waals surface area contributed by atoms with E-state index in [1.807, 2.05) is 6.07 Å². The molecule has 1 aliphatic heterocycles. The van der Waals surface area contributed by atoms with E-state index < -0.39 is 20.8 Å². The maximum absolute atomic E-state index is 4.93. The molecule has 8 aromatic rings. The van der Waals surface area contributed by atoms with E-state index in [0.29, 0.717) is 11.8 Å². The Morgan fingerprint density at radius 2 is 0.966 bits per heavy atom. The first-order valence-electron chi connectivity index (χ1n) is 20.2. The van der Waals surface area contributed by atoms with Crippen LogP contribution in [0.4, 0.5) is 0 Å². The fourth-order valence-corrected chi connectivity index (χ4v) is 9.53. The van der Waals surface area contributed by atoms with E-state index in [1.54, 1.807) is 0 Å². The Bertz CT molecular complexity index is 2450. The summed E-state index contributed by atoms with van der Waals surface area (Å²) in [5.41, 5.74) is 19.1. The van der Waals surface area contributed by atoms with Crippen LogP contribution < -0.4 is 10.4 Å². The molecule has 0 aliphatic carbocycles. The molecule has 8 aromatic carbocycles. The number of benzene rings is 6. The summed E-state index contributed by atoms with van der Waals surface area (Å²) in [5.74, 6) is 1.15. The summed E-state index contributed by atoms with van der Waals surface area (Å²) in [5, 5.41) is 8.33. The predicted molar refractivity (Wildman–Crippen MR) is 254 cm³/mol. The Hall–Kier alpha value is -3.78. The zero-order chi connectivity index (χ0) is 41.7. The van der Waals surface area contributed by atoms with Gasteiger partial charge in [0.25, 0.3) is 0 Å². The molecule has 1 heterocycles. The van der Waals surface area contributed by atoms with E-state index in [2.05, 4.69) is 197 Å². The van der Waals surface area contributed by atoms with Gasteiger partial charge in [-0.05, 0) is 64.5 Å². The molecule has 58 heavy (non-hydrogen) atoms. The van der Waals surface area contributed by atoms with Crippen molar-refractivity contribution < 1.29 is 20.8 Å². The molecule has 0 amide bonds. The number of hydrogen-bond donors (Lipinski definition) is 0. The van der Waals surface area contributed by atoms with Gasteiger partial charge in [-0.3, -0.25) is 0 Å². The quantitative estimate of drug-likeness (QED) is 0.122. The molecule has 9 rings (SSSR count).